The van der Waals surface area contributed by atoms with Crippen LogP contribution in [-0.2, 0) is 14.3 Å². The topological polar surface area (TPSA) is 84.0 Å². The van der Waals surface area contributed by atoms with E-state index in [1.54, 1.807) is 29.2 Å². The van der Waals surface area contributed by atoms with E-state index in [0.717, 1.165) is 10.5 Å². The van der Waals surface area contributed by atoms with Crippen LogP contribution in [0.4, 0.5) is 0 Å². The largest absolute Gasteiger partial charge is 0.443 e. The quantitative estimate of drug-likeness (QED) is 0.576. The molecule has 2 heterocycles. The number of nitrogens with zero attached hydrogens (tertiary/aromatic N) is 2. The van der Waals surface area contributed by atoms with Crippen LogP contribution >= 0.6 is 0 Å². The van der Waals surface area contributed by atoms with Gasteiger partial charge in [0, 0.05) is 13.0 Å². The van der Waals surface area contributed by atoms with Gasteiger partial charge in [-0.1, -0.05) is 42.5 Å². The Bertz CT molecular complexity index is 953. The highest BCUT2D eigenvalue weighted by molar-refractivity contribution is 6.21. The average Bonchev–Trinajstić information content (AvgIpc) is 3.25. The number of benzene rings is 2. The lowest BCUT2D eigenvalue weighted by Crippen LogP contribution is -2.35. The molecule has 0 aromatic heterocycles. The van der Waals surface area contributed by atoms with Gasteiger partial charge in [0.1, 0.15) is 0 Å². The molecular weight excluding hydrogens is 372 g/mol. The van der Waals surface area contributed by atoms with Crippen LogP contribution in [0.25, 0.3) is 0 Å². The normalized spacial score (nSPS) is 19.5. The Morgan fingerprint density at radius 2 is 1.59 bits per heavy atom. The number of carbonyl (C=O) groups is 4. The second-order valence-corrected chi connectivity index (χ2v) is 7.21. The molecule has 7 heteroatoms. The minimum Gasteiger partial charge on any atom is -0.443 e. The number of carbonyl (C=O) groups excluding carboxylic acids is 4. The molecule has 4 rings (SSSR count). The predicted molar refractivity (Wildman–Crippen MR) is 103 cm³/mol. The Morgan fingerprint density at radius 1 is 1.00 bits per heavy atom. The van der Waals surface area contributed by atoms with Crippen molar-refractivity contribution in [3.05, 3.63) is 71.3 Å². The molecule has 2 aliphatic heterocycles. The van der Waals surface area contributed by atoms with Crippen molar-refractivity contribution >= 4 is 23.7 Å². The summed E-state index contributed by atoms with van der Waals surface area (Å²) in [6.07, 6.45) is 0.0537. The fourth-order valence-electron chi connectivity index (χ4n) is 3.78. The monoisotopic (exact) mass is 392 g/mol. The molecule has 1 fully saturated rings. The number of amides is 3. The maximum atomic E-state index is 12.5. The average molecular weight is 392 g/mol. The van der Waals surface area contributed by atoms with Crippen molar-refractivity contribution in [1.82, 2.24) is 9.80 Å². The highest BCUT2D eigenvalue weighted by Crippen LogP contribution is 2.29. The van der Waals surface area contributed by atoms with Gasteiger partial charge in [0.15, 0.2) is 6.73 Å². The third-order valence-corrected chi connectivity index (χ3v) is 5.46. The zero-order valence-corrected chi connectivity index (χ0v) is 15.9. The Hall–Kier alpha value is -3.48. The number of hydrogen-bond donors (Lipinski definition) is 0. The summed E-state index contributed by atoms with van der Waals surface area (Å²) >= 11 is 0. The van der Waals surface area contributed by atoms with Crippen LogP contribution in [0.1, 0.15) is 45.7 Å². The molecule has 0 saturated carbocycles. The third kappa shape index (κ3) is 3.40. The summed E-state index contributed by atoms with van der Waals surface area (Å²) in [5, 5.41) is 0. The van der Waals surface area contributed by atoms with Crippen molar-refractivity contribution in [3.8, 4) is 0 Å². The molecule has 2 atom stereocenters. The summed E-state index contributed by atoms with van der Waals surface area (Å²) in [7, 11) is 0. The second kappa shape index (κ2) is 7.50. The summed E-state index contributed by atoms with van der Waals surface area (Å²) in [4.78, 5) is 52.2. The van der Waals surface area contributed by atoms with Crippen LogP contribution in [0.5, 0.6) is 0 Å². The van der Waals surface area contributed by atoms with Gasteiger partial charge in [0.05, 0.1) is 23.1 Å². The highest BCUT2D eigenvalue weighted by Gasteiger charge is 2.40. The molecule has 7 nitrogen and oxygen atoms in total. The Morgan fingerprint density at radius 3 is 2.21 bits per heavy atom. The molecule has 3 amide bonds. The molecular formula is C22H20N2O5. The number of likely N-dealkylation sites (tertiary alicyclic amines) is 1. The molecule has 0 unspecified atom stereocenters. The molecule has 29 heavy (non-hydrogen) atoms. The third-order valence-electron chi connectivity index (χ3n) is 5.46. The van der Waals surface area contributed by atoms with Crippen LogP contribution < -0.4 is 0 Å². The Balaban J connectivity index is 1.37. The minimum atomic E-state index is -0.621. The summed E-state index contributed by atoms with van der Waals surface area (Å²) in [6.45, 7) is 1.71. The number of ether oxygens (including phenoxy) is 1. The zero-order valence-electron chi connectivity index (χ0n) is 15.9. The van der Waals surface area contributed by atoms with Gasteiger partial charge >= 0.3 is 5.97 Å². The smallest absolute Gasteiger partial charge is 0.313 e. The van der Waals surface area contributed by atoms with Crippen LogP contribution in [0.3, 0.4) is 0 Å². The lowest BCUT2D eigenvalue weighted by molar-refractivity contribution is -0.151. The van der Waals surface area contributed by atoms with E-state index in [-0.39, 0.29) is 24.9 Å². The maximum absolute atomic E-state index is 12.5. The summed E-state index contributed by atoms with van der Waals surface area (Å²) in [5.41, 5.74) is 1.58. The Labute approximate surface area is 167 Å². The first kappa shape index (κ1) is 18.9. The van der Waals surface area contributed by atoms with Crippen LogP contribution in [-0.4, -0.2) is 46.8 Å². The van der Waals surface area contributed by atoms with Gasteiger partial charge < -0.3 is 9.64 Å². The van der Waals surface area contributed by atoms with Crippen molar-refractivity contribution in [1.29, 1.82) is 0 Å². The van der Waals surface area contributed by atoms with Gasteiger partial charge in [0.2, 0.25) is 5.91 Å². The van der Waals surface area contributed by atoms with E-state index in [4.69, 9.17) is 4.74 Å². The predicted octanol–water partition coefficient (Wildman–Crippen LogP) is 2.39. The highest BCUT2D eigenvalue weighted by atomic mass is 16.5. The molecule has 148 valence electrons. The van der Waals surface area contributed by atoms with Gasteiger partial charge in [-0.2, -0.15) is 0 Å². The fraction of sp³-hybridized carbons (Fsp3) is 0.273. The van der Waals surface area contributed by atoms with Crippen LogP contribution in [0.2, 0.25) is 0 Å². The number of imide groups is 1. The van der Waals surface area contributed by atoms with E-state index in [1.807, 2.05) is 37.3 Å². The fourth-order valence-corrected chi connectivity index (χ4v) is 3.78. The molecule has 1 saturated heterocycles. The first-order valence-electron chi connectivity index (χ1n) is 9.43. The first-order valence-corrected chi connectivity index (χ1v) is 9.43. The second-order valence-electron chi connectivity index (χ2n) is 7.21. The van der Waals surface area contributed by atoms with Crippen molar-refractivity contribution in [2.45, 2.75) is 19.4 Å². The molecule has 2 aliphatic rings. The molecule has 0 bridgehead atoms. The van der Waals surface area contributed by atoms with E-state index in [1.165, 1.54) is 0 Å². The van der Waals surface area contributed by atoms with Gasteiger partial charge in [-0.25, -0.2) is 4.90 Å². The lowest BCUT2D eigenvalue weighted by Gasteiger charge is -2.25. The molecule has 0 aliphatic carbocycles. The SMILES string of the molecule is C[C@H](c1ccccc1)N1C[C@H](C(=O)OCN2C(=O)c3ccccc3C2=O)CC1=O. The van der Waals surface area contributed by atoms with Gasteiger partial charge in [-0.05, 0) is 24.6 Å². The van der Waals surface area contributed by atoms with E-state index in [2.05, 4.69) is 0 Å². The zero-order chi connectivity index (χ0) is 20.5. The van der Waals surface area contributed by atoms with Crippen LogP contribution in [0, 0.1) is 5.92 Å². The standard InChI is InChI=1S/C22H20N2O5/c1-14(15-7-3-2-4-8-15)23-12-16(11-19(23)25)22(28)29-13-24-20(26)17-9-5-6-10-18(17)21(24)27/h2-10,14,16H,11-13H2,1H3/t14-,16-/m1/s1. The van der Waals surface area contributed by atoms with Gasteiger partial charge in [-0.3, -0.25) is 19.2 Å². The van der Waals surface area contributed by atoms with Crippen molar-refractivity contribution in [2.24, 2.45) is 5.92 Å². The number of fused-ring (bicyclic) bond motifs is 1. The van der Waals surface area contributed by atoms with Crippen molar-refractivity contribution < 1.29 is 23.9 Å². The van der Waals surface area contributed by atoms with E-state index >= 15 is 0 Å². The number of esters is 1. The molecule has 0 N–H and O–H groups in total. The molecule has 0 radical (unpaired) electrons. The Kier molecular flexibility index (Phi) is 4.88. The number of rotatable bonds is 5. The van der Waals surface area contributed by atoms with Crippen molar-refractivity contribution in [2.75, 3.05) is 13.3 Å². The first-order chi connectivity index (χ1) is 14.0. The van der Waals surface area contributed by atoms with Gasteiger partial charge in [0.25, 0.3) is 11.8 Å². The minimum absolute atomic E-state index is 0.0537. The van der Waals surface area contributed by atoms with E-state index in [0.29, 0.717) is 11.1 Å². The summed E-state index contributed by atoms with van der Waals surface area (Å²) in [5.74, 6) is -2.30. The maximum Gasteiger partial charge on any atom is 0.313 e. The summed E-state index contributed by atoms with van der Waals surface area (Å²) < 4.78 is 5.23. The molecule has 2 aromatic carbocycles. The van der Waals surface area contributed by atoms with E-state index in [9.17, 15) is 19.2 Å². The summed E-state index contributed by atoms with van der Waals surface area (Å²) in [6, 6.07) is 15.9. The van der Waals surface area contributed by atoms with Crippen LogP contribution in [0.15, 0.2) is 54.6 Å². The number of hydrogen-bond acceptors (Lipinski definition) is 5. The lowest BCUT2D eigenvalue weighted by atomic mass is 10.1. The van der Waals surface area contributed by atoms with E-state index < -0.39 is 30.4 Å². The molecule has 2 aromatic rings. The van der Waals surface area contributed by atoms with Gasteiger partial charge in [-0.15, -0.1) is 0 Å². The molecule has 0 spiro atoms. The van der Waals surface area contributed by atoms with Crippen molar-refractivity contribution in [3.63, 3.8) is 0 Å².